The van der Waals surface area contributed by atoms with Crippen LogP contribution in [0.25, 0.3) is 0 Å². The summed E-state index contributed by atoms with van der Waals surface area (Å²) in [6.45, 7) is 0.248. The molecule has 0 aliphatic heterocycles. The molecule has 0 bridgehead atoms. The van der Waals surface area contributed by atoms with Gasteiger partial charge in [0.15, 0.2) is 12.4 Å². The lowest BCUT2D eigenvalue weighted by molar-refractivity contribution is -0.683. The number of nitrogens with zero attached hydrogens (tertiary/aromatic N) is 2. The van der Waals surface area contributed by atoms with Gasteiger partial charge in [0.05, 0.1) is 18.7 Å². The quantitative estimate of drug-likeness (QED) is 0.616. The molecule has 4 nitrogen and oxygen atoms in total. The van der Waals surface area contributed by atoms with Crippen molar-refractivity contribution in [2.24, 2.45) is 0 Å². The molecule has 0 aliphatic rings. The van der Waals surface area contributed by atoms with E-state index in [0.717, 1.165) is 5.75 Å². The molecule has 1 aromatic carbocycles. The van der Waals surface area contributed by atoms with Gasteiger partial charge in [0.1, 0.15) is 5.75 Å². The highest BCUT2D eigenvalue weighted by molar-refractivity contribution is 5.95. The molecular weight excluding hydrogens is 240 g/mol. The van der Waals surface area contributed by atoms with E-state index in [2.05, 4.69) is 0 Å². The summed E-state index contributed by atoms with van der Waals surface area (Å²) in [6, 6.07) is 12.4. The molecule has 0 fully saturated rings. The number of pyridine rings is 1. The van der Waals surface area contributed by atoms with E-state index in [9.17, 15) is 4.79 Å². The number of ether oxygens (including phenoxy) is 1. The number of nitriles is 1. The van der Waals surface area contributed by atoms with Crippen LogP contribution >= 0.6 is 0 Å². The van der Waals surface area contributed by atoms with Gasteiger partial charge in [0.2, 0.25) is 12.3 Å². The fourth-order valence-corrected chi connectivity index (χ4v) is 1.67. The van der Waals surface area contributed by atoms with Crippen molar-refractivity contribution in [2.75, 3.05) is 7.11 Å². The number of methoxy groups -OCH3 is 1. The second-order valence-electron chi connectivity index (χ2n) is 4.02. The zero-order chi connectivity index (χ0) is 13.7. The second-order valence-corrected chi connectivity index (χ2v) is 4.02. The smallest absolute Gasteiger partial charge is 0.227 e. The number of Topliss-reactive ketones (excluding diaryl/α,β-unsaturated/α-hetero) is 1. The standard InChI is InChI=1S/C15H13N2O2/c1-19-14-4-2-13(3-5-14)15(18)11-17-8-6-12(10-16)7-9-17/h2-9H,11H2,1H3/q+1. The molecule has 0 unspecified atom stereocenters. The van der Waals surface area contributed by atoms with E-state index in [-0.39, 0.29) is 12.3 Å². The molecule has 0 aliphatic carbocycles. The topological polar surface area (TPSA) is 54.0 Å². The second kappa shape index (κ2) is 5.78. The third kappa shape index (κ3) is 3.17. The number of aromatic nitrogens is 1. The number of rotatable bonds is 4. The third-order valence-corrected chi connectivity index (χ3v) is 2.76. The van der Waals surface area contributed by atoms with Crippen molar-refractivity contribution >= 4 is 5.78 Å². The normalized spacial score (nSPS) is 9.68. The predicted octanol–water partition coefficient (Wildman–Crippen LogP) is 1.74. The summed E-state index contributed by atoms with van der Waals surface area (Å²) >= 11 is 0. The van der Waals surface area contributed by atoms with Crippen LogP contribution in [-0.4, -0.2) is 12.9 Å². The van der Waals surface area contributed by atoms with Crippen molar-refractivity contribution in [3.8, 4) is 11.8 Å². The maximum Gasteiger partial charge on any atom is 0.227 e. The first kappa shape index (κ1) is 12.8. The van der Waals surface area contributed by atoms with Crippen LogP contribution in [0.3, 0.4) is 0 Å². The van der Waals surface area contributed by atoms with Crippen molar-refractivity contribution < 1.29 is 14.1 Å². The number of hydrogen-bond donors (Lipinski definition) is 0. The molecule has 1 aromatic heterocycles. The van der Waals surface area contributed by atoms with Crippen LogP contribution < -0.4 is 9.30 Å². The Bertz CT molecular complexity index is 610. The lowest BCUT2D eigenvalue weighted by Crippen LogP contribution is -2.37. The Kier molecular flexibility index (Phi) is 3.89. The lowest BCUT2D eigenvalue weighted by atomic mass is 10.1. The van der Waals surface area contributed by atoms with Crippen LogP contribution in [0.2, 0.25) is 0 Å². The Hall–Kier alpha value is -2.67. The van der Waals surface area contributed by atoms with Gasteiger partial charge in [-0.3, -0.25) is 4.79 Å². The van der Waals surface area contributed by atoms with Crippen molar-refractivity contribution in [2.45, 2.75) is 6.54 Å². The number of hydrogen-bond acceptors (Lipinski definition) is 3. The highest BCUT2D eigenvalue weighted by atomic mass is 16.5. The van der Waals surface area contributed by atoms with E-state index in [1.54, 1.807) is 60.5 Å². The van der Waals surface area contributed by atoms with E-state index in [1.807, 2.05) is 6.07 Å². The molecule has 19 heavy (non-hydrogen) atoms. The minimum Gasteiger partial charge on any atom is -0.497 e. The van der Waals surface area contributed by atoms with Crippen molar-refractivity contribution in [1.82, 2.24) is 0 Å². The molecule has 2 aromatic rings. The predicted molar refractivity (Wildman–Crippen MR) is 68.7 cm³/mol. The van der Waals surface area contributed by atoms with E-state index in [4.69, 9.17) is 10.00 Å². The number of carbonyl (C=O) groups excluding carboxylic acids is 1. The molecule has 2 rings (SSSR count). The summed E-state index contributed by atoms with van der Waals surface area (Å²) in [5.41, 5.74) is 1.21. The van der Waals surface area contributed by atoms with Crippen LogP contribution in [-0.2, 0) is 6.54 Å². The number of ketones is 1. The molecule has 94 valence electrons. The Morgan fingerprint density at radius 1 is 1.21 bits per heavy atom. The summed E-state index contributed by atoms with van der Waals surface area (Å²) in [4.78, 5) is 12.0. The van der Waals surface area contributed by atoms with E-state index >= 15 is 0 Å². The lowest BCUT2D eigenvalue weighted by Gasteiger charge is -2.01. The fraction of sp³-hybridized carbons (Fsp3) is 0.133. The monoisotopic (exact) mass is 253 g/mol. The maximum atomic E-state index is 12.0. The fourth-order valence-electron chi connectivity index (χ4n) is 1.67. The zero-order valence-corrected chi connectivity index (χ0v) is 10.5. The van der Waals surface area contributed by atoms with Crippen molar-refractivity contribution in [1.29, 1.82) is 5.26 Å². The van der Waals surface area contributed by atoms with Crippen molar-refractivity contribution in [3.05, 3.63) is 59.9 Å². The molecule has 0 saturated carbocycles. The first-order valence-corrected chi connectivity index (χ1v) is 5.79. The van der Waals surface area contributed by atoms with Gasteiger partial charge >= 0.3 is 0 Å². The highest BCUT2D eigenvalue weighted by Gasteiger charge is 2.12. The Labute approximate surface area is 111 Å². The van der Waals surface area contributed by atoms with Gasteiger partial charge in [0, 0.05) is 17.7 Å². The van der Waals surface area contributed by atoms with Crippen molar-refractivity contribution in [3.63, 3.8) is 0 Å². The highest BCUT2D eigenvalue weighted by Crippen LogP contribution is 2.11. The summed E-state index contributed by atoms with van der Waals surface area (Å²) < 4.78 is 6.79. The average molecular weight is 253 g/mol. The Morgan fingerprint density at radius 2 is 1.84 bits per heavy atom. The Balaban J connectivity index is 2.09. The van der Waals surface area contributed by atoms with Crippen LogP contribution in [0, 0.1) is 11.3 Å². The van der Waals surface area contributed by atoms with Gasteiger partial charge in [-0.25, -0.2) is 0 Å². The molecule has 0 saturated heterocycles. The van der Waals surface area contributed by atoms with Gasteiger partial charge in [-0.2, -0.15) is 9.83 Å². The van der Waals surface area contributed by atoms with E-state index in [0.29, 0.717) is 11.1 Å². The number of carbonyl (C=O) groups is 1. The third-order valence-electron chi connectivity index (χ3n) is 2.76. The minimum atomic E-state index is 0.0114. The molecule has 1 heterocycles. The molecular formula is C15H13N2O2+. The van der Waals surface area contributed by atoms with Crippen LogP contribution in [0.5, 0.6) is 5.75 Å². The Morgan fingerprint density at radius 3 is 2.37 bits per heavy atom. The summed E-state index contributed by atoms with van der Waals surface area (Å²) in [5.74, 6) is 0.736. The first-order valence-electron chi connectivity index (χ1n) is 5.79. The summed E-state index contributed by atoms with van der Waals surface area (Å²) in [6.07, 6.45) is 3.44. The van der Waals surface area contributed by atoms with Gasteiger partial charge in [0.25, 0.3) is 0 Å². The maximum absolute atomic E-state index is 12.0. The molecule has 0 radical (unpaired) electrons. The van der Waals surface area contributed by atoms with E-state index in [1.165, 1.54) is 0 Å². The van der Waals surface area contributed by atoms with E-state index < -0.39 is 0 Å². The molecule has 0 spiro atoms. The van der Waals surface area contributed by atoms with Crippen LogP contribution in [0.4, 0.5) is 0 Å². The minimum absolute atomic E-state index is 0.0114. The molecule has 0 N–H and O–H groups in total. The van der Waals surface area contributed by atoms with Gasteiger partial charge in [-0.1, -0.05) is 0 Å². The van der Waals surface area contributed by atoms with Crippen LogP contribution in [0.15, 0.2) is 48.8 Å². The zero-order valence-electron chi connectivity index (χ0n) is 10.5. The summed E-state index contributed by atoms with van der Waals surface area (Å²) in [7, 11) is 1.59. The summed E-state index contributed by atoms with van der Waals surface area (Å²) in [5, 5.41) is 8.70. The van der Waals surface area contributed by atoms with Gasteiger partial charge in [-0.15, -0.1) is 0 Å². The average Bonchev–Trinajstić information content (AvgIpc) is 2.48. The largest absolute Gasteiger partial charge is 0.497 e. The molecule has 0 atom stereocenters. The number of benzene rings is 1. The van der Waals surface area contributed by atoms with Gasteiger partial charge < -0.3 is 4.74 Å². The molecule has 4 heteroatoms. The van der Waals surface area contributed by atoms with Crippen LogP contribution in [0.1, 0.15) is 15.9 Å². The molecule has 0 amide bonds. The first-order chi connectivity index (χ1) is 9.22. The SMILES string of the molecule is COc1ccc(C(=O)C[n+]2ccc(C#N)cc2)cc1. The van der Waals surface area contributed by atoms with Gasteiger partial charge in [-0.05, 0) is 24.3 Å².